The van der Waals surface area contributed by atoms with Crippen LogP contribution in [0.3, 0.4) is 0 Å². The minimum atomic E-state index is -3.92. The van der Waals surface area contributed by atoms with Gasteiger partial charge in [0, 0.05) is 25.8 Å². The molecule has 0 aromatic heterocycles. The molecule has 1 aliphatic heterocycles. The van der Waals surface area contributed by atoms with E-state index >= 15 is 0 Å². The van der Waals surface area contributed by atoms with Crippen molar-refractivity contribution in [2.24, 2.45) is 0 Å². The average Bonchev–Trinajstić information content (AvgIpc) is 2.83. The van der Waals surface area contributed by atoms with E-state index in [4.69, 9.17) is 10.5 Å². The first-order chi connectivity index (χ1) is 9.75. The monoisotopic (exact) mass is 315 g/mol. The number of non-ortho nitro benzene ring substituents is 1. The molecule has 1 aliphatic rings. The van der Waals surface area contributed by atoms with Crippen molar-refractivity contribution in [3.05, 3.63) is 28.3 Å². The van der Waals surface area contributed by atoms with Gasteiger partial charge in [-0.2, -0.15) is 4.31 Å². The molecular formula is C12H17N3O5S. The van der Waals surface area contributed by atoms with Crippen LogP contribution in [0.25, 0.3) is 0 Å². The Morgan fingerprint density at radius 2 is 2.14 bits per heavy atom. The van der Waals surface area contributed by atoms with Gasteiger partial charge in [-0.1, -0.05) is 0 Å². The fourth-order valence-electron chi connectivity index (χ4n) is 2.39. The molecule has 0 saturated carbocycles. The van der Waals surface area contributed by atoms with Crippen LogP contribution in [0.5, 0.6) is 0 Å². The molecule has 2 rings (SSSR count). The Morgan fingerprint density at radius 3 is 2.67 bits per heavy atom. The summed E-state index contributed by atoms with van der Waals surface area (Å²) < 4.78 is 31.8. The van der Waals surface area contributed by atoms with E-state index in [2.05, 4.69) is 0 Å². The summed E-state index contributed by atoms with van der Waals surface area (Å²) in [6, 6.07) is 3.08. The number of nitrogen functional groups attached to an aromatic ring is 1. The highest BCUT2D eigenvalue weighted by molar-refractivity contribution is 7.89. The molecule has 0 amide bonds. The molecule has 116 valence electrons. The lowest BCUT2D eigenvalue weighted by Crippen LogP contribution is -2.41. The third-order valence-corrected chi connectivity index (χ3v) is 5.61. The molecule has 2 unspecified atom stereocenters. The van der Waals surface area contributed by atoms with Gasteiger partial charge in [0.05, 0.1) is 22.8 Å². The summed E-state index contributed by atoms with van der Waals surface area (Å²) in [6.45, 7) is 2.27. The Balaban J connectivity index is 2.43. The van der Waals surface area contributed by atoms with Gasteiger partial charge in [-0.25, -0.2) is 8.42 Å². The number of hydrogen-bond acceptors (Lipinski definition) is 6. The quantitative estimate of drug-likeness (QED) is 0.503. The summed E-state index contributed by atoms with van der Waals surface area (Å²) in [4.78, 5) is 9.90. The van der Waals surface area contributed by atoms with Gasteiger partial charge in [0.1, 0.15) is 4.90 Å². The largest absolute Gasteiger partial charge is 0.398 e. The number of likely N-dealkylation sites (N-methyl/N-ethyl adjacent to an activating group) is 1. The van der Waals surface area contributed by atoms with Gasteiger partial charge in [0.15, 0.2) is 0 Å². The molecule has 8 nitrogen and oxygen atoms in total. The molecule has 2 N–H and O–H groups in total. The molecule has 0 spiro atoms. The zero-order chi connectivity index (χ0) is 15.8. The van der Waals surface area contributed by atoms with Crippen LogP contribution in [0.15, 0.2) is 23.1 Å². The molecule has 1 aromatic carbocycles. The highest BCUT2D eigenvalue weighted by atomic mass is 32.2. The number of anilines is 1. The van der Waals surface area contributed by atoms with E-state index in [1.807, 2.05) is 0 Å². The van der Waals surface area contributed by atoms with Gasteiger partial charge in [-0.15, -0.1) is 0 Å². The molecule has 0 bridgehead atoms. The van der Waals surface area contributed by atoms with Crippen molar-refractivity contribution < 1.29 is 18.1 Å². The summed E-state index contributed by atoms with van der Waals surface area (Å²) in [5, 5.41) is 10.8. The van der Waals surface area contributed by atoms with Crippen LogP contribution >= 0.6 is 0 Å². The topological polar surface area (TPSA) is 116 Å². The fourth-order valence-corrected chi connectivity index (χ4v) is 3.97. The highest BCUT2D eigenvalue weighted by Crippen LogP contribution is 2.30. The molecule has 9 heteroatoms. The summed E-state index contributed by atoms with van der Waals surface area (Å²) >= 11 is 0. The molecule has 1 aromatic rings. The van der Waals surface area contributed by atoms with E-state index in [0.717, 1.165) is 6.07 Å². The lowest BCUT2D eigenvalue weighted by molar-refractivity contribution is -0.385. The SMILES string of the molecule is CC1OCCC1N(C)S(=O)(=O)c1cc([N+](=O)[O-])ccc1N. The number of rotatable bonds is 4. The number of hydrogen-bond donors (Lipinski definition) is 1. The first-order valence-corrected chi connectivity index (χ1v) is 7.82. The second kappa shape index (κ2) is 5.58. The Morgan fingerprint density at radius 1 is 1.48 bits per heavy atom. The Labute approximate surface area is 122 Å². The number of nitro groups is 1. The van der Waals surface area contributed by atoms with Gasteiger partial charge in [-0.3, -0.25) is 10.1 Å². The summed E-state index contributed by atoms with van der Waals surface area (Å²) in [6.07, 6.45) is 0.343. The lowest BCUT2D eigenvalue weighted by Gasteiger charge is -2.26. The lowest BCUT2D eigenvalue weighted by atomic mass is 10.2. The molecule has 0 aliphatic carbocycles. The zero-order valence-electron chi connectivity index (χ0n) is 11.7. The van der Waals surface area contributed by atoms with Crippen LogP contribution < -0.4 is 5.73 Å². The second-order valence-electron chi connectivity index (χ2n) is 4.93. The predicted octanol–water partition coefficient (Wildman–Crippen LogP) is 0.975. The molecule has 1 heterocycles. The average molecular weight is 315 g/mol. The number of nitrogens with zero attached hydrogens (tertiary/aromatic N) is 2. The first-order valence-electron chi connectivity index (χ1n) is 6.38. The number of nitro benzene ring substituents is 1. The van der Waals surface area contributed by atoms with Crippen LogP contribution in [0, 0.1) is 10.1 Å². The van der Waals surface area contributed by atoms with Crippen molar-refractivity contribution in [2.45, 2.75) is 30.4 Å². The number of nitrogens with two attached hydrogens (primary N) is 1. The van der Waals surface area contributed by atoms with E-state index in [1.165, 1.54) is 23.5 Å². The van der Waals surface area contributed by atoms with Crippen molar-refractivity contribution >= 4 is 21.4 Å². The van der Waals surface area contributed by atoms with Crippen LogP contribution in [0.2, 0.25) is 0 Å². The minimum Gasteiger partial charge on any atom is -0.398 e. The van der Waals surface area contributed by atoms with Gasteiger partial charge < -0.3 is 10.5 Å². The van der Waals surface area contributed by atoms with E-state index in [9.17, 15) is 18.5 Å². The number of sulfonamides is 1. The second-order valence-corrected chi connectivity index (χ2v) is 6.90. The molecule has 1 fully saturated rings. The normalized spacial score (nSPS) is 22.6. The van der Waals surface area contributed by atoms with Gasteiger partial charge in [-0.05, 0) is 19.4 Å². The first kappa shape index (κ1) is 15.7. The van der Waals surface area contributed by atoms with Crippen LogP contribution in [-0.4, -0.2) is 43.4 Å². The third-order valence-electron chi connectivity index (χ3n) is 3.67. The van der Waals surface area contributed by atoms with E-state index < -0.39 is 14.9 Å². The van der Waals surface area contributed by atoms with Gasteiger partial charge >= 0.3 is 0 Å². The predicted molar refractivity (Wildman–Crippen MR) is 76.3 cm³/mol. The Hall–Kier alpha value is -1.71. The van der Waals surface area contributed by atoms with Crippen LogP contribution in [-0.2, 0) is 14.8 Å². The maximum Gasteiger partial charge on any atom is 0.270 e. The van der Waals surface area contributed by atoms with Gasteiger partial charge in [0.25, 0.3) is 5.69 Å². The van der Waals surface area contributed by atoms with Crippen molar-refractivity contribution in [1.29, 1.82) is 0 Å². The summed E-state index contributed by atoms with van der Waals surface area (Å²) in [5.74, 6) is 0. The van der Waals surface area contributed by atoms with E-state index in [0.29, 0.717) is 13.0 Å². The van der Waals surface area contributed by atoms with Crippen molar-refractivity contribution in [3.8, 4) is 0 Å². The fraction of sp³-hybridized carbons (Fsp3) is 0.500. The summed E-state index contributed by atoms with van der Waals surface area (Å²) in [7, 11) is -2.48. The molecule has 2 atom stereocenters. The number of ether oxygens (including phenoxy) is 1. The van der Waals surface area contributed by atoms with E-state index in [-0.39, 0.29) is 28.4 Å². The molecule has 1 saturated heterocycles. The van der Waals surface area contributed by atoms with Crippen LogP contribution in [0.1, 0.15) is 13.3 Å². The maximum atomic E-state index is 12.6. The summed E-state index contributed by atoms with van der Waals surface area (Å²) in [5.41, 5.74) is 5.36. The molecular weight excluding hydrogens is 298 g/mol. The highest BCUT2D eigenvalue weighted by Gasteiger charge is 2.36. The number of benzene rings is 1. The van der Waals surface area contributed by atoms with Crippen molar-refractivity contribution in [1.82, 2.24) is 4.31 Å². The van der Waals surface area contributed by atoms with Gasteiger partial charge in [0.2, 0.25) is 10.0 Å². The maximum absolute atomic E-state index is 12.6. The van der Waals surface area contributed by atoms with Crippen molar-refractivity contribution in [2.75, 3.05) is 19.4 Å². The molecule has 0 radical (unpaired) electrons. The minimum absolute atomic E-state index is 0.0148. The Bertz CT molecular complexity index is 661. The van der Waals surface area contributed by atoms with Crippen molar-refractivity contribution in [3.63, 3.8) is 0 Å². The zero-order valence-corrected chi connectivity index (χ0v) is 12.5. The van der Waals surface area contributed by atoms with E-state index in [1.54, 1.807) is 6.92 Å². The standard InChI is InChI=1S/C12H17N3O5S/c1-8-11(5-6-20-8)14(2)21(18,19)12-7-9(15(16)17)3-4-10(12)13/h3-4,7-8,11H,5-6,13H2,1-2H3. The van der Waals surface area contributed by atoms with Crippen LogP contribution in [0.4, 0.5) is 11.4 Å². The molecule has 21 heavy (non-hydrogen) atoms. The third kappa shape index (κ3) is 2.85. The smallest absolute Gasteiger partial charge is 0.270 e. The Kier molecular flexibility index (Phi) is 4.17.